The van der Waals surface area contributed by atoms with Crippen LogP contribution in [-0.4, -0.2) is 56.5 Å². The van der Waals surface area contributed by atoms with Crippen LogP contribution in [0.4, 0.5) is 18.9 Å². The van der Waals surface area contributed by atoms with Crippen LogP contribution >= 0.6 is 11.6 Å². The molecule has 0 atom stereocenters. The second-order valence-corrected chi connectivity index (χ2v) is 8.60. The molecule has 1 aliphatic heterocycles. The van der Waals surface area contributed by atoms with E-state index in [-0.39, 0.29) is 52.4 Å². The highest BCUT2D eigenvalue weighted by molar-refractivity contribution is 6.33. The van der Waals surface area contributed by atoms with Crippen molar-refractivity contribution in [3.63, 3.8) is 0 Å². The summed E-state index contributed by atoms with van der Waals surface area (Å²) in [4.78, 5) is 17.2. The van der Waals surface area contributed by atoms with Crippen molar-refractivity contribution in [1.29, 1.82) is 0 Å². The lowest BCUT2D eigenvalue weighted by Crippen LogP contribution is -2.48. The highest BCUT2D eigenvalue weighted by Gasteiger charge is 2.42. The lowest BCUT2D eigenvalue weighted by atomic mass is 10.0. The number of hydrogen-bond donors (Lipinski definition) is 3. The first-order valence-corrected chi connectivity index (χ1v) is 10.5. The number of aliphatic hydroxyl groups is 1. The third-order valence-corrected chi connectivity index (χ3v) is 5.46. The zero-order valence-corrected chi connectivity index (χ0v) is 19.1. The molecule has 182 valence electrons. The van der Waals surface area contributed by atoms with E-state index in [4.69, 9.17) is 21.1 Å². The molecule has 13 heteroatoms. The summed E-state index contributed by atoms with van der Waals surface area (Å²) >= 11 is 5.97. The molecule has 34 heavy (non-hydrogen) atoms. The molecule has 0 bridgehead atoms. The van der Waals surface area contributed by atoms with Gasteiger partial charge in [0.15, 0.2) is 12.2 Å². The fourth-order valence-electron chi connectivity index (χ4n) is 3.43. The Morgan fingerprint density at radius 3 is 2.71 bits per heavy atom. The van der Waals surface area contributed by atoms with Gasteiger partial charge >= 0.3 is 0 Å². The Labute approximate surface area is 196 Å². The van der Waals surface area contributed by atoms with Gasteiger partial charge in [0, 0.05) is 25.7 Å². The topological polar surface area (TPSA) is 114 Å². The van der Waals surface area contributed by atoms with Crippen LogP contribution in [0, 0.1) is 12.7 Å². The molecule has 1 amide bonds. The van der Waals surface area contributed by atoms with Gasteiger partial charge in [-0.05, 0) is 19.1 Å². The molecule has 2 aromatic heterocycles. The molecule has 4 rings (SSSR count). The molecule has 1 saturated heterocycles. The molecule has 0 radical (unpaired) electrons. The van der Waals surface area contributed by atoms with Gasteiger partial charge in [-0.25, -0.2) is 18.2 Å². The highest BCUT2D eigenvalue weighted by Crippen LogP contribution is 2.35. The van der Waals surface area contributed by atoms with E-state index in [1.165, 1.54) is 10.8 Å². The molecular formula is C21H21ClF3N5O4. The molecule has 3 aromatic rings. The summed E-state index contributed by atoms with van der Waals surface area (Å²) in [6, 6.07) is 1.99. The van der Waals surface area contributed by atoms with E-state index in [2.05, 4.69) is 20.5 Å². The average molecular weight is 500 g/mol. The zero-order chi connectivity index (χ0) is 24.8. The Morgan fingerprint density at radius 2 is 2.15 bits per heavy atom. The van der Waals surface area contributed by atoms with Crippen molar-refractivity contribution < 1.29 is 32.5 Å². The van der Waals surface area contributed by atoms with Gasteiger partial charge in [0.05, 0.1) is 30.2 Å². The summed E-state index contributed by atoms with van der Waals surface area (Å²) in [7, 11) is 1.62. The maximum atomic E-state index is 15.2. The van der Waals surface area contributed by atoms with Crippen molar-refractivity contribution >= 4 is 23.2 Å². The first kappa shape index (κ1) is 24.0. The summed E-state index contributed by atoms with van der Waals surface area (Å²) in [6.07, 6.45) is 1.47. The molecule has 0 spiro atoms. The van der Waals surface area contributed by atoms with Crippen LogP contribution in [0.25, 0.3) is 11.3 Å². The van der Waals surface area contributed by atoms with Crippen LogP contribution in [0.1, 0.15) is 28.8 Å². The number of imidazole rings is 1. The van der Waals surface area contributed by atoms with Crippen LogP contribution < -0.4 is 10.1 Å². The maximum Gasteiger partial charge on any atom is 0.278 e. The van der Waals surface area contributed by atoms with Crippen molar-refractivity contribution in [3.05, 3.63) is 46.4 Å². The van der Waals surface area contributed by atoms with Crippen molar-refractivity contribution in [2.45, 2.75) is 25.4 Å². The standard InChI is InChI=1S/C21H21ClF3N5O4/c1-10-16(17(22)29-28-10)27-18(31)12-4-13(23)11(5-15(12)34-7-20(2,24)25)14-6-30(3)19(26-14)21(32)8-33-9-21/h4-6,32H,7-9H2,1-3H3,(H,27,31)(H,28,29). The van der Waals surface area contributed by atoms with E-state index < -0.39 is 29.9 Å². The number of rotatable bonds is 7. The zero-order valence-electron chi connectivity index (χ0n) is 18.4. The van der Waals surface area contributed by atoms with Crippen LogP contribution in [0.2, 0.25) is 5.15 Å². The van der Waals surface area contributed by atoms with Gasteiger partial charge < -0.3 is 24.5 Å². The van der Waals surface area contributed by atoms with E-state index in [9.17, 15) is 18.7 Å². The monoisotopic (exact) mass is 499 g/mol. The molecular weight excluding hydrogens is 479 g/mol. The Kier molecular flexibility index (Phi) is 6.08. The van der Waals surface area contributed by atoms with Gasteiger partial charge in [0.25, 0.3) is 11.8 Å². The highest BCUT2D eigenvalue weighted by atomic mass is 35.5. The van der Waals surface area contributed by atoms with Crippen molar-refractivity contribution in [2.24, 2.45) is 7.05 Å². The number of nitrogens with one attached hydrogen (secondary N) is 2. The van der Waals surface area contributed by atoms with E-state index in [1.807, 2.05) is 0 Å². The third kappa shape index (κ3) is 4.61. The number of carbonyl (C=O) groups is 1. The second-order valence-electron chi connectivity index (χ2n) is 8.22. The molecule has 0 aliphatic carbocycles. The Bertz CT molecular complexity index is 1230. The maximum absolute atomic E-state index is 15.2. The number of halogens is 4. The third-order valence-electron chi connectivity index (χ3n) is 5.19. The van der Waals surface area contributed by atoms with Crippen molar-refractivity contribution in [1.82, 2.24) is 19.7 Å². The van der Waals surface area contributed by atoms with Gasteiger partial charge in [0.2, 0.25) is 0 Å². The number of H-pyrrole nitrogens is 1. The Balaban J connectivity index is 1.74. The van der Waals surface area contributed by atoms with Crippen molar-refractivity contribution in [3.8, 4) is 17.0 Å². The lowest BCUT2D eigenvalue weighted by Gasteiger charge is -2.35. The molecule has 1 aromatic carbocycles. The van der Waals surface area contributed by atoms with Crippen molar-refractivity contribution in [2.75, 3.05) is 25.1 Å². The predicted octanol–water partition coefficient (Wildman–Crippen LogP) is 3.42. The molecule has 3 heterocycles. The van der Waals surface area contributed by atoms with Gasteiger partial charge in [-0.15, -0.1) is 0 Å². The van der Waals surface area contributed by atoms with Crippen LogP contribution in [-0.2, 0) is 17.4 Å². The first-order valence-electron chi connectivity index (χ1n) is 10.1. The summed E-state index contributed by atoms with van der Waals surface area (Å²) in [6.45, 7) is 1.26. The van der Waals surface area contributed by atoms with Gasteiger partial charge in [-0.1, -0.05) is 11.6 Å². The summed E-state index contributed by atoms with van der Waals surface area (Å²) in [5.41, 5.74) is -1.10. The molecule has 3 N–H and O–H groups in total. The second kappa shape index (κ2) is 8.60. The number of aryl methyl sites for hydroxylation is 2. The number of anilines is 1. The van der Waals surface area contributed by atoms with Gasteiger partial charge in [-0.2, -0.15) is 5.10 Å². The van der Waals surface area contributed by atoms with Crippen LogP contribution in [0.3, 0.4) is 0 Å². The van der Waals surface area contributed by atoms with E-state index in [0.29, 0.717) is 12.6 Å². The number of aromatic nitrogens is 4. The summed E-state index contributed by atoms with van der Waals surface area (Å²) in [5.74, 6) is -4.93. The Hall–Kier alpha value is -3.09. The molecule has 9 nitrogen and oxygen atoms in total. The number of aromatic amines is 1. The fourth-order valence-corrected chi connectivity index (χ4v) is 3.66. The average Bonchev–Trinajstić information content (AvgIpc) is 3.27. The fraction of sp³-hybridized carbons (Fsp3) is 0.381. The minimum absolute atomic E-state index is 0.0365. The minimum Gasteiger partial charge on any atom is -0.486 e. The lowest BCUT2D eigenvalue weighted by molar-refractivity contribution is -0.190. The number of carbonyl (C=O) groups excluding carboxylic acids is 1. The number of ether oxygens (including phenoxy) is 2. The SMILES string of the molecule is Cc1n[nH]c(Cl)c1NC(=O)c1cc(F)c(-c2cn(C)c(C3(O)COC3)n2)cc1OCC(C)(F)F. The normalized spacial score (nSPS) is 15.2. The smallest absolute Gasteiger partial charge is 0.278 e. The molecule has 0 saturated carbocycles. The van der Waals surface area contributed by atoms with E-state index in [1.54, 1.807) is 14.0 Å². The largest absolute Gasteiger partial charge is 0.486 e. The number of benzene rings is 1. The first-order chi connectivity index (χ1) is 15.9. The number of hydrogen-bond acceptors (Lipinski definition) is 6. The quantitative estimate of drug-likeness (QED) is 0.459. The molecule has 1 aliphatic rings. The summed E-state index contributed by atoms with van der Waals surface area (Å²) in [5, 5.41) is 19.4. The predicted molar refractivity (Wildman–Crippen MR) is 116 cm³/mol. The van der Waals surface area contributed by atoms with E-state index >= 15 is 4.39 Å². The van der Waals surface area contributed by atoms with Crippen LogP contribution in [0.15, 0.2) is 18.3 Å². The molecule has 1 fully saturated rings. The van der Waals surface area contributed by atoms with Gasteiger partial charge in [0.1, 0.15) is 28.2 Å². The number of alkyl halides is 2. The van der Waals surface area contributed by atoms with Crippen LogP contribution in [0.5, 0.6) is 5.75 Å². The summed E-state index contributed by atoms with van der Waals surface area (Å²) < 4.78 is 53.9. The van der Waals surface area contributed by atoms with E-state index in [0.717, 1.165) is 12.1 Å². The minimum atomic E-state index is -3.21. The molecule has 0 unspecified atom stereocenters. The Morgan fingerprint density at radius 1 is 1.44 bits per heavy atom. The number of amides is 1. The number of nitrogens with zero attached hydrogens (tertiary/aromatic N) is 3. The van der Waals surface area contributed by atoms with Gasteiger partial charge in [-0.3, -0.25) is 9.89 Å².